The maximum Gasteiger partial charge on any atom is 0.261 e. The molecule has 7 heteroatoms. The molecule has 2 heterocycles. The standard InChI is InChI=1S/C26H33N3O4/c1-26(2,3)19-8-6-18(7-9-19)16-29-24(17-28-10-12-33-13-11-28)27-21-15-23(32-5)22(31-4)14-20(21)25(29)30/h6-9,14-15H,10-13,16-17H2,1-5H3. The lowest BCUT2D eigenvalue weighted by molar-refractivity contribution is 0.0325. The molecule has 1 aliphatic rings. The Labute approximate surface area is 194 Å². The molecule has 1 aliphatic heterocycles. The van der Waals surface area contributed by atoms with E-state index in [0.717, 1.165) is 24.5 Å². The topological polar surface area (TPSA) is 65.8 Å². The Balaban J connectivity index is 1.79. The van der Waals surface area contributed by atoms with E-state index in [2.05, 4.69) is 49.9 Å². The van der Waals surface area contributed by atoms with E-state index >= 15 is 0 Å². The molecule has 0 bridgehead atoms. The van der Waals surface area contributed by atoms with Crippen LogP contribution in [0.2, 0.25) is 0 Å². The summed E-state index contributed by atoms with van der Waals surface area (Å²) in [6, 6.07) is 12.0. The van der Waals surface area contributed by atoms with Crippen molar-refractivity contribution in [2.24, 2.45) is 0 Å². The second kappa shape index (κ2) is 9.53. The molecule has 176 valence electrons. The molecule has 0 saturated carbocycles. The smallest absolute Gasteiger partial charge is 0.261 e. The lowest BCUT2D eigenvalue weighted by Crippen LogP contribution is -2.38. The van der Waals surface area contributed by atoms with Gasteiger partial charge in [-0.2, -0.15) is 0 Å². The number of ether oxygens (including phenoxy) is 3. The number of methoxy groups -OCH3 is 2. The van der Waals surface area contributed by atoms with Crippen molar-refractivity contribution >= 4 is 10.9 Å². The third kappa shape index (κ3) is 5.04. The predicted octanol–water partition coefficient (Wildman–Crippen LogP) is 3.59. The third-order valence-corrected chi connectivity index (χ3v) is 6.17. The van der Waals surface area contributed by atoms with Gasteiger partial charge in [0, 0.05) is 19.2 Å². The Hall–Kier alpha value is -2.90. The Morgan fingerprint density at radius 2 is 1.61 bits per heavy atom. The Bertz CT molecular complexity index is 1170. The molecule has 7 nitrogen and oxygen atoms in total. The molecule has 0 spiro atoms. The molecule has 33 heavy (non-hydrogen) atoms. The first-order valence-corrected chi connectivity index (χ1v) is 11.3. The highest BCUT2D eigenvalue weighted by Crippen LogP contribution is 2.30. The molecule has 0 aliphatic carbocycles. The molecule has 0 atom stereocenters. The van der Waals surface area contributed by atoms with Crippen LogP contribution in [-0.4, -0.2) is 55.0 Å². The number of fused-ring (bicyclic) bond motifs is 1. The summed E-state index contributed by atoms with van der Waals surface area (Å²) in [6.45, 7) is 10.7. The van der Waals surface area contributed by atoms with Gasteiger partial charge in [-0.05, 0) is 22.6 Å². The summed E-state index contributed by atoms with van der Waals surface area (Å²) in [5.74, 6) is 1.82. The molecule has 2 aromatic carbocycles. The van der Waals surface area contributed by atoms with E-state index < -0.39 is 0 Å². The Morgan fingerprint density at radius 1 is 0.970 bits per heavy atom. The highest BCUT2D eigenvalue weighted by Gasteiger charge is 2.19. The zero-order valence-corrected chi connectivity index (χ0v) is 20.2. The van der Waals surface area contributed by atoms with Gasteiger partial charge in [-0.15, -0.1) is 0 Å². The normalized spacial score (nSPS) is 15.1. The molecule has 4 rings (SSSR count). The summed E-state index contributed by atoms with van der Waals surface area (Å²) in [5, 5.41) is 0.518. The van der Waals surface area contributed by atoms with Crippen molar-refractivity contribution in [2.45, 2.75) is 39.3 Å². The molecule has 1 fully saturated rings. The van der Waals surface area contributed by atoms with Gasteiger partial charge < -0.3 is 14.2 Å². The van der Waals surface area contributed by atoms with Gasteiger partial charge >= 0.3 is 0 Å². The summed E-state index contributed by atoms with van der Waals surface area (Å²) >= 11 is 0. The molecular weight excluding hydrogens is 418 g/mol. The van der Waals surface area contributed by atoms with Gasteiger partial charge in [0.25, 0.3) is 5.56 Å². The minimum atomic E-state index is -0.0795. The van der Waals surface area contributed by atoms with Crippen LogP contribution >= 0.6 is 0 Å². The van der Waals surface area contributed by atoms with Crippen molar-refractivity contribution in [2.75, 3.05) is 40.5 Å². The Morgan fingerprint density at radius 3 is 2.21 bits per heavy atom. The van der Waals surface area contributed by atoms with Crippen molar-refractivity contribution < 1.29 is 14.2 Å². The van der Waals surface area contributed by atoms with E-state index in [-0.39, 0.29) is 11.0 Å². The fourth-order valence-corrected chi connectivity index (χ4v) is 4.13. The zero-order chi connectivity index (χ0) is 23.6. The van der Waals surface area contributed by atoms with Crippen LogP contribution < -0.4 is 15.0 Å². The van der Waals surface area contributed by atoms with Crippen LogP contribution in [0, 0.1) is 0 Å². The van der Waals surface area contributed by atoms with Gasteiger partial charge in [0.2, 0.25) is 0 Å². The lowest BCUT2D eigenvalue weighted by Gasteiger charge is -2.27. The molecule has 0 amide bonds. The largest absolute Gasteiger partial charge is 0.493 e. The van der Waals surface area contributed by atoms with Crippen LogP contribution in [0.4, 0.5) is 0 Å². The van der Waals surface area contributed by atoms with Gasteiger partial charge in [-0.1, -0.05) is 45.0 Å². The average Bonchev–Trinajstić information content (AvgIpc) is 2.81. The summed E-state index contributed by atoms with van der Waals surface area (Å²) in [6.07, 6.45) is 0. The van der Waals surface area contributed by atoms with Crippen LogP contribution in [0.1, 0.15) is 37.7 Å². The van der Waals surface area contributed by atoms with Crippen molar-refractivity contribution in [1.29, 1.82) is 0 Å². The predicted molar refractivity (Wildman–Crippen MR) is 129 cm³/mol. The van der Waals surface area contributed by atoms with Crippen molar-refractivity contribution in [3.05, 3.63) is 63.7 Å². The maximum atomic E-state index is 13.7. The molecule has 0 radical (unpaired) electrons. The molecule has 1 saturated heterocycles. The third-order valence-electron chi connectivity index (χ3n) is 6.17. The second-order valence-electron chi connectivity index (χ2n) is 9.48. The SMILES string of the molecule is COc1cc2nc(CN3CCOCC3)n(Cc3ccc(C(C)(C)C)cc3)c(=O)c2cc1OC. The molecule has 3 aromatic rings. The van der Waals surface area contributed by atoms with Crippen molar-refractivity contribution in [3.8, 4) is 11.5 Å². The highest BCUT2D eigenvalue weighted by atomic mass is 16.5. The number of hydrogen-bond donors (Lipinski definition) is 0. The summed E-state index contributed by atoms with van der Waals surface area (Å²) < 4.78 is 18.1. The van der Waals surface area contributed by atoms with E-state index in [1.54, 1.807) is 30.9 Å². The number of aromatic nitrogens is 2. The number of rotatable bonds is 6. The van der Waals surface area contributed by atoms with Crippen LogP contribution in [0.25, 0.3) is 10.9 Å². The first kappa shape index (κ1) is 23.3. The molecular formula is C26H33N3O4. The summed E-state index contributed by atoms with van der Waals surface area (Å²) in [4.78, 5) is 20.9. The highest BCUT2D eigenvalue weighted by molar-refractivity contribution is 5.82. The first-order chi connectivity index (χ1) is 15.8. The zero-order valence-electron chi connectivity index (χ0n) is 20.2. The number of benzene rings is 2. The van der Waals surface area contributed by atoms with E-state index in [4.69, 9.17) is 19.2 Å². The fourth-order valence-electron chi connectivity index (χ4n) is 4.13. The van der Waals surface area contributed by atoms with Crippen LogP contribution in [0.15, 0.2) is 41.2 Å². The number of hydrogen-bond acceptors (Lipinski definition) is 6. The average molecular weight is 452 g/mol. The molecule has 1 aromatic heterocycles. The number of morpholine rings is 1. The maximum absolute atomic E-state index is 13.7. The van der Waals surface area contributed by atoms with E-state index in [9.17, 15) is 4.79 Å². The van der Waals surface area contributed by atoms with Gasteiger partial charge in [0.1, 0.15) is 5.82 Å². The molecule has 0 unspecified atom stereocenters. The fraction of sp³-hybridized carbons (Fsp3) is 0.462. The lowest BCUT2D eigenvalue weighted by atomic mass is 9.87. The van der Waals surface area contributed by atoms with Gasteiger partial charge in [-0.3, -0.25) is 14.3 Å². The molecule has 0 N–H and O–H groups in total. The minimum Gasteiger partial charge on any atom is -0.493 e. The van der Waals surface area contributed by atoms with E-state index in [1.165, 1.54) is 5.56 Å². The monoisotopic (exact) mass is 451 g/mol. The van der Waals surface area contributed by atoms with Gasteiger partial charge in [-0.25, -0.2) is 4.98 Å². The van der Waals surface area contributed by atoms with Crippen LogP contribution in [0.3, 0.4) is 0 Å². The van der Waals surface area contributed by atoms with Gasteiger partial charge in [0.15, 0.2) is 11.5 Å². The summed E-state index contributed by atoms with van der Waals surface area (Å²) in [7, 11) is 3.15. The van der Waals surface area contributed by atoms with E-state index in [1.807, 2.05) is 0 Å². The Kier molecular flexibility index (Phi) is 6.72. The van der Waals surface area contributed by atoms with Gasteiger partial charge in [0.05, 0.1) is 51.4 Å². The van der Waals surface area contributed by atoms with Crippen LogP contribution in [-0.2, 0) is 23.2 Å². The minimum absolute atomic E-state index is 0.0795. The quantitative estimate of drug-likeness (QED) is 0.571. The first-order valence-electron chi connectivity index (χ1n) is 11.3. The summed E-state index contributed by atoms with van der Waals surface area (Å²) in [5.41, 5.74) is 2.94. The van der Waals surface area contributed by atoms with E-state index in [0.29, 0.717) is 48.7 Å². The number of nitrogens with zero attached hydrogens (tertiary/aromatic N) is 3. The second-order valence-corrected chi connectivity index (χ2v) is 9.48. The van der Waals surface area contributed by atoms with Crippen molar-refractivity contribution in [3.63, 3.8) is 0 Å². The van der Waals surface area contributed by atoms with Crippen LogP contribution in [0.5, 0.6) is 11.5 Å². The van der Waals surface area contributed by atoms with Crippen molar-refractivity contribution in [1.82, 2.24) is 14.5 Å².